The molecule has 2 heterocycles. The number of guanidine groups is 1. The van der Waals surface area contributed by atoms with Crippen molar-refractivity contribution in [2.45, 2.75) is 50.3 Å². The summed E-state index contributed by atoms with van der Waals surface area (Å²) in [5.41, 5.74) is 2.31. The fraction of sp³-hybridized carbons (Fsp3) is 0.652. The predicted molar refractivity (Wildman–Crippen MR) is 142 cm³/mol. The summed E-state index contributed by atoms with van der Waals surface area (Å²) in [7, 11) is 0. The molecule has 8 heteroatoms. The zero-order valence-electron chi connectivity index (χ0n) is 18.6. The van der Waals surface area contributed by atoms with Crippen molar-refractivity contribution in [2.24, 2.45) is 4.99 Å². The molecular formula is C23H36IN5OS. The van der Waals surface area contributed by atoms with Gasteiger partial charge in [-0.05, 0) is 37.5 Å². The van der Waals surface area contributed by atoms with Crippen LogP contribution in [0.2, 0.25) is 0 Å². The number of benzene rings is 1. The molecule has 2 aliphatic heterocycles. The molecule has 1 aromatic rings. The van der Waals surface area contributed by atoms with Crippen molar-refractivity contribution in [2.75, 3.05) is 49.9 Å². The second-order valence-electron chi connectivity index (χ2n) is 8.62. The normalized spacial score (nSPS) is 21.5. The third-order valence-corrected chi connectivity index (χ3v) is 7.94. The first-order chi connectivity index (χ1) is 14.7. The highest BCUT2D eigenvalue weighted by Crippen LogP contribution is 2.42. The number of nitrogens with zero attached hydrogens (tertiary/aromatic N) is 3. The van der Waals surface area contributed by atoms with E-state index in [1.54, 1.807) is 0 Å². The van der Waals surface area contributed by atoms with E-state index in [4.69, 9.17) is 4.99 Å². The minimum absolute atomic E-state index is 0. The van der Waals surface area contributed by atoms with Crippen LogP contribution in [0.25, 0.3) is 0 Å². The molecule has 1 aliphatic carbocycles. The van der Waals surface area contributed by atoms with Gasteiger partial charge in [-0.25, -0.2) is 4.99 Å². The lowest BCUT2D eigenvalue weighted by Gasteiger charge is -2.45. The van der Waals surface area contributed by atoms with Gasteiger partial charge in [-0.1, -0.05) is 31.4 Å². The highest BCUT2D eigenvalue weighted by molar-refractivity contribution is 14.0. The maximum Gasteiger partial charge on any atom is 0.239 e. The van der Waals surface area contributed by atoms with Crippen molar-refractivity contribution in [1.82, 2.24) is 15.5 Å². The van der Waals surface area contributed by atoms with Crippen LogP contribution in [0.5, 0.6) is 0 Å². The molecule has 3 aliphatic rings. The zero-order chi connectivity index (χ0) is 20.8. The smallest absolute Gasteiger partial charge is 0.239 e. The van der Waals surface area contributed by atoms with Crippen molar-refractivity contribution >= 4 is 53.3 Å². The summed E-state index contributed by atoms with van der Waals surface area (Å²) in [6.07, 6.45) is 6.85. The molecule has 1 spiro atoms. The van der Waals surface area contributed by atoms with Gasteiger partial charge < -0.3 is 20.4 Å². The van der Waals surface area contributed by atoms with Crippen molar-refractivity contribution in [3.8, 4) is 0 Å². The standard InChI is InChI=1S/C23H35N5OS.HI/c1-2-24-22(28-14-15-30-23(18-28)10-4-3-5-11-23)26-16-19-6-8-20(9-7-19)27-13-12-25-21(29)17-27;/h6-9H,2-5,10-18H2,1H3,(H,24,26)(H,25,29);1H. The number of amides is 1. The first-order valence-corrected chi connectivity index (χ1v) is 12.4. The van der Waals surface area contributed by atoms with Crippen LogP contribution in [-0.2, 0) is 11.3 Å². The number of aliphatic imine (C=N–C) groups is 1. The third-order valence-electron chi connectivity index (χ3n) is 6.40. The summed E-state index contributed by atoms with van der Waals surface area (Å²) in [5, 5.41) is 6.41. The van der Waals surface area contributed by atoms with Gasteiger partial charge in [0.05, 0.1) is 13.1 Å². The molecular weight excluding hydrogens is 521 g/mol. The van der Waals surface area contributed by atoms with Gasteiger partial charge in [0.2, 0.25) is 5.91 Å². The molecule has 0 radical (unpaired) electrons. The number of halogens is 1. The number of hydrogen-bond acceptors (Lipinski definition) is 4. The van der Waals surface area contributed by atoms with E-state index in [9.17, 15) is 4.79 Å². The van der Waals surface area contributed by atoms with Crippen LogP contribution in [-0.4, -0.2) is 66.5 Å². The van der Waals surface area contributed by atoms with E-state index in [1.165, 1.54) is 43.4 Å². The number of hydrogen-bond donors (Lipinski definition) is 2. The Hall–Kier alpha value is -1.16. The van der Waals surface area contributed by atoms with Gasteiger partial charge >= 0.3 is 0 Å². The van der Waals surface area contributed by atoms with E-state index in [0.29, 0.717) is 24.4 Å². The summed E-state index contributed by atoms with van der Waals surface area (Å²) in [4.78, 5) is 21.2. The zero-order valence-corrected chi connectivity index (χ0v) is 21.7. The molecule has 3 fully saturated rings. The average Bonchev–Trinajstić information content (AvgIpc) is 2.77. The van der Waals surface area contributed by atoms with Crippen LogP contribution in [0, 0.1) is 0 Å². The Kier molecular flexibility index (Phi) is 9.18. The Labute approximate surface area is 208 Å². The first-order valence-electron chi connectivity index (χ1n) is 11.5. The molecule has 4 rings (SSSR count). The average molecular weight is 558 g/mol. The maximum atomic E-state index is 11.6. The Bertz CT molecular complexity index is 745. The van der Waals surface area contributed by atoms with Gasteiger partial charge in [0.1, 0.15) is 0 Å². The molecule has 0 atom stereocenters. The molecule has 0 aromatic heterocycles. The first kappa shape index (κ1) is 24.5. The monoisotopic (exact) mass is 557 g/mol. The van der Waals surface area contributed by atoms with Crippen LogP contribution in [0.15, 0.2) is 29.3 Å². The minimum atomic E-state index is 0. The number of carbonyl (C=O) groups excluding carboxylic acids is 1. The van der Waals surface area contributed by atoms with Gasteiger partial charge in [-0.2, -0.15) is 11.8 Å². The molecule has 2 N–H and O–H groups in total. The van der Waals surface area contributed by atoms with Crippen LogP contribution in [0.3, 0.4) is 0 Å². The maximum absolute atomic E-state index is 11.6. The van der Waals surface area contributed by atoms with Gasteiger partial charge in [0.15, 0.2) is 5.96 Å². The third kappa shape index (κ3) is 6.43. The number of nitrogens with one attached hydrogen (secondary N) is 2. The Balaban J connectivity index is 0.00000272. The minimum Gasteiger partial charge on any atom is -0.360 e. The second-order valence-corrected chi connectivity index (χ2v) is 10.2. The van der Waals surface area contributed by atoms with Gasteiger partial charge in [0, 0.05) is 48.9 Å². The Morgan fingerprint density at radius 3 is 2.68 bits per heavy atom. The molecule has 172 valence electrons. The van der Waals surface area contributed by atoms with E-state index < -0.39 is 0 Å². The van der Waals surface area contributed by atoms with Gasteiger partial charge in [0.25, 0.3) is 0 Å². The lowest BCUT2D eigenvalue weighted by molar-refractivity contribution is -0.120. The largest absolute Gasteiger partial charge is 0.360 e. The van der Waals surface area contributed by atoms with Crippen LogP contribution < -0.4 is 15.5 Å². The SMILES string of the molecule is CCNC(=NCc1ccc(N2CCNC(=O)C2)cc1)N1CCSC2(CCCCC2)C1.I. The lowest BCUT2D eigenvalue weighted by Crippen LogP contribution is -2.53. The molecule has 0 unspecified atom stereocenters. The van der Waals surface area contributed by atoms with Crippen LogP contribution in [0.4, 0.5) is 5.69 Å². The lowest BCUT2D eigenvalue weighted by atomic mass is 9.87. The number of rotatable bonds is 4. The van der Waals surface area contributed by atoms with E-state index in [1.807, 2.05) is 0 Å². The van der Waals surface area contributed by atoms with Crippen molar-refractivity contribution < 1.29 is 4.79 Å². The molecule has 1 amide bonds. The molecule has 1 aromatic carbocycles. The summed E-state index contributed by atoms with van der Waals surface area (Å²) >= 11 is 2.20. The van der Waals surface area contributed by atoms with E-state index >= 15 is 0 Å². The summed E-state index contributed by atoms with van der Waals surface area (Å²) in [6.45, 7) is 7.94. The highest BCUT2D eigenvalue weighted by atomic mass is 127. The quantitative estimate of drug-likeness (QED) is 0.338. The van der Waals surface area contributed by atoms with Gasteiger partial charge in [-0.15, -0.1) is 24.0 Å². The van der Waals surface area contributed by atoms with Crippen molar-refractivity contribution in [3.05, 3.63) is 29.8 Å². The van der Waals surface area contributed by atoms with Crippen LogP contribution >= 0.6 is 35.7 Å². The number of anilines is 1. The van der Waals surface area contributed by atoms with E-state index in [-0.39, 0.29) is 29.9 Å². The Morgan fingerprint density at radius 1 is 1.19 bits per heavy atom. The predicted octanol–water partition coefficient (Wildman–Crippen LogP) is 3.46. The van der Waals surface area contributed by atoms with Crippen molar-refractivity contribution in [3.63, 3.8) is 0 Å². The number of piperazine rings is 1. The fourth-order valence-corrected chi connectivity index (χ4v) is 6.36. The molecule has 31 heavy (non-hydrogen) atoms. The van der Waals surface area contributed by atoms with Gasteiger partial charge in [-0.3, -0.25) is 4.79 Å². The summed E-state index contributed by atoms with van der Waals surface area (Å²) < 4.78 is 0.440. The van der Waals surface area contributed by atoms with E-state index in [0.717, 1.165) is 37.8 Å². The van der Waals surface area contributed by atoms with E-state index in [2.05, 4.69) is 63.4 Å². The number of carbonyl (C=O) groups is 1. The highest BCUT2D eigenvalue weighted by Gasteiger charge is 2.38. The summed E-state index contributed by atoms with van der Waals surface area (Å²) in [6, 6.07) is 8.52. The Morgan fingerprint density at radius 2 is 1.97 bits per heavy atom. The molecule has 0 bridgehead atoms. The second kappa shape index (κ2) is 11.6. The van der Waals surface area contributed by atoms with Crippen molar-refractivity contribution in [1.29, 1.82) is 0 Å². The fourth-order valence-electron chi connectivity index (χ4n) is 4.79. The summed E-state index contributed by atoms with van der Waals surface area (Å²) in [5.74, 6) is 2.35. The van der Waals surface area contributed by atoms with Crippen LogP contribution in [0.1, 0.15) is 44.6 Å². The topological polar surface area (TPSA) is 60.0 Å². The number of thioether (sulfide) groups is 1. The molecule has 1 saturated carbocycles. The molecule has 6 nitrogen and oxygen atoms in total. The molecule has 2 saturated heterocycles.